The van der Waals surface area contributed by atoms with Gasteiger partial charge in [-0.15, -0.1) is 5.48 Å². The summed E-state index contributed by atoms with van der Waals surface area (Å²) < 4.78 is 10.5. The number of amides is 1. The second-order valence-electron chi connectivity index (χ2n) is 5.30. The Labute approximate surface area is 122 Å². The van der Waals surface area contributed by atoms with E-state index in [9.17, 15) is 9.59 Å². The Morgan fingerprint density at radius 3 is 2.71 bits per heavy atom. The van der Waals surface area contributed by atoms with Gasteiger partial charge in [0.25, 0.3) is 0 Å². The van der Waals surface area contributed by atoms with Crippen molar-refractivity contribution in [2.75, 3.05) is 0 Å². The Morgan fingerprint density at radius 1 is 1.24 bits per heavy atom. The van der Waals surface area contributed by atoms with Crippen molar-refractivity contribution < 1.29 is 23.9 Å². The van der Waals surface area contributed by atoms with Crippen LogP contribution in [0.3, 0.4) is 0 Å². The first-order valence-electron chi connectivity index (χ1n) is 7.05. The highest BCUT2D eigenvalue weighted by Gasteiger charge is 2.45. The molecule has 6 heteroatoms. The van der Waals surface area contributed by atoms with E-state index in [0.29, 0.717) is 6.42 Å². The lowest BCUT2D eigenvalue weighted by atomic mass is 9.89. The van der Waals surface area contributed by atoms with Crippen LogP contribution in [-0.2, 0) is 25.7 Å². The molecule has 0 spiro atoms. The van der Waals surface area contributed by atoms with Gasteiger partial charge in [-0.1, -0.05) is 30.3 Å². The van der Waals surface area contributed by atoms with Crippen LogP contribution in [0.2, 0.25) is 0 Å². The highest BCUT2D eigenvalue weighted by Crippen LogP contribution is 2.39. The number of nitrogens with one attached hydrogen (secondary N) is 1. The summed E-state index contributed by atoms with van der Waals surface area (Å²) in [6, 6.07) is 9.26. The number of rotatable bonds is 3. The fourth-order valence-corrected chi connectivity index (χ4v) is 2.81. The smallest absolute Gasteiger partial charge is 0.441 e. The van der Waals surface area contributed by atoms with E-state index in [-0.39, 0.29) is 24.7 Å². The number of benzene rings is 1. The average Bonchev–Trinajstić information content (AvgIpc) is 3.14. The molecule has 2 aliphatic heterocycles. The first kappa shape index (κ1) is 13.9. The maximum atomic E-state index is 11.8. The van der Waals surface area contributed by atoms with Crippen LogP contribution < -0.4 is 5.48 Å². The molecule has 2 aliphatic rings. The molecule has 1 aromatic carbocycles. The van der Waals surface area contributed by atoms with E-state index in [1.165, 1.54) is 0 Å². The molecule has 6 nitrogen and oxygen atoms in total. The summed E-state index contributed by atoms with van der Waals surface area (Å²) in [7, 11) is 0. The van der Waals surface area contributed by atoms with Gasteiger partial charge >= 0.3 is 12.1 Å². The normalized spacial score (nSPS) is 26.4. The van der Waals surface area contributed by atoms with Gasteiger partial charge in [0.05, 0.1) is 18.1 Å². The summed E-state index contributed by atoms with van der Waals surface area (Å²) in [4.78, 5) is 28.1. The summed E-state index contributed by atoms with van der Waals surface area (Å²) in [5, 5.41) is 0. The Bertz CT molecular complexity index is 518. The Balaban J connectivity index is 1.38. The third-order valence-electron chi connectivity index (χ3n) is 3.86. The molecule has 2 fully saturated rings. The molecule has 2 bridgehead atoms. The van der Waals surface area contributed by atoms with Gasteiger partial charge in [-0.2, -0.15) is 0 Å². The van der Waals surface area contributed by atoms with Crippen LogP contribution in [0.15, 0.2) is 30.3 Å². The Kier molecular flexibility index (Phi) is 4.06. The maximum Gasteiger partial charge on any atom is 0.441 e. The van der Waals surface area contributed by atoms with Gasteiger partial charge in [-0.25, -0.2) is 9.59 Å². The molecule has 3 atom stereocenters. The van der Waals surface area contributed by atoms with Crippen molar-refractivity contribution in [1.82, 2.24) is 5.48 Å². The number of carbonyl (C=O) groups is 2. The van der Waals surface area contributed by atoms with Gasteiger partial charge < -0.3 is 14.3 Å². The molecule has 3 rings (SSSR count). The van der Waals surface area contributed by atoms with Gasteiger partial charge in [0.15, 0.2) is 0 Å². The average molecular weight is 291 g/mol. The molecular formula is C15H17NO5. The molecule has 2 saturated heterocycles. The highest BCUT2D eigenvalue weighted by molar-refractivity contribution is 5.76. The molecule has 0 saturated carbocycles. The molecule has 21 heavy (non-hydrogen) atoms. The van der Waals surface area contributed by atoms with Gasteiger partial charge in [0.1, 0.15) is 6.61 Å². The predicted octanol–water partition coefficient (Wildman–Crippen LogP) is 1.94. The quantitative estimate of drug-likeness (QED) is 0.861. The zero-order chi connectivity index (χ0) is 14.7. The molecular weight excluding hydrogens is 274 g/mol. The number of hydrogen-bond acceptors (Lipinski definition) is 5. The zero-order valence-corrected chi connectivity index (χ0v) is 11.5. The zero-order valence-electron chi connectivity index (χ0n) is 11.5. The van der Waals surface area contributed by atoms with Crippen LogP contribution in [0, 0.1) is 5.92 Å². The standard InChI is InChI=1S/C15H17NO5/c17-14(12-8-11-6-7-13(12)20-11)21-16-15(18)19-9-10-4-2-1-3-5-10/h1-5,11-13H,6-9H2,(H,16,18). The van der Waals surface area contributed by atoms with Crippen molar-refractivity contribution in [3.05, 3.63) is 35.9 Å². The topological polar surface area (TPSA) is 73.9 Å². The number of fused-ring (bicyclic) bond motifs is 2. The lowest BCUT2D eigenvalue weighted by Gasteiger charge is -2.16. The first-order chi connectivity index (χ1) is 10.2. The van der Waals surface area contributed by atoms with Crippen molar-refractivity contribution in [3.8, 4) is 0 Å². The molecule has 1 amide bonds. The first-order valence-corrected chi connectivity index (χ1v) is 7.05. The summed E-state index contributed by atoms with van der Waals surface area (Å²) in [6.45, 7) is 0.126. The van der Waals surface area contributed by atoms with E-state index in [1.54, 1.807) is 0 Å². The van der Waals surface area contributed by atoms with Gasteiger partial charge in [-0.3, -0.25) is 0 Å². The van der Waals surface area contributed by atoms with Crippen molar-refractivity contribution in [2.24, 2.45) is 5.92 Å². The lowest BCUT2D eigenvalue weighted by Crippen LogP contribution is -2.34. The molecule has 1 N–H and O–H groups in total. The minimum Gasteiger partial charge on any atom is -0.443 e. The molecule has 0 aromatic heterocycles. The number of hydroxylamine groups is 1. The van der Waals surface area contributed by atoms with Crippen LogP contribution in [0.5, 0.6) is 0 Å². The highest BCUT2D eigenvalue weighted by atomic mass is 16.7. The fraction of sp³-hybridized carbons (Fsp3) is 0.467. The maximum absolute atomic E-state index is 11.8. The van der Waals surface area contributed by atoms with E-state index in [4.69, 9.17) is 14.3 Å². The monoisotopic (exact) mass is 291 g/mol. The van der Waals surface area contributed by atoms with Crippen LogP contribution in [0.1, 0.15) is 24.8 Å². The van der Waals surface area contributed by atoms with Crippen LogP contribution in [0.4, 0.5) is 4.79 Å². The molecule has 0 radical (unpaired) electrons. The third-order valence-corrected chi connectivity index (χ3v) is 3.86. The second kappa shape index (κ2) is 6.13. The SMILES string of the molecule is O=C(NOC(=O)C1CC2CCC1O2)OCc1ccccc1. The minimum absolute atomic E-state index is 0.0651. The molecule has 1 aromatic rings. The van der Waals surface area contributed by atoms with Crippen molar-refractivity contribution in [3.63, 3.8) is 0 Å². The van der Waals surface area contributed by atoms with Crippen molar-refractivity contribution in [2.45, 2.75) is 38.1 Å². The van der Waals surface area contributed by atoms with E-state index in [2.05, 4.69) is 0 Å². The third kappa shape index (κ3) is 3.33. The van der Waals surface area contributed by atoms with E-state index in [1.807, 2.05) is 35.8 Å². The largest absolute Gasteiger partial charge is 0.443 e. The van der Waals surface area contributed by atoms with E-state index < -0.39 is 12.1 Å². The molecule has 3 unspecified atom stereocenters. The van der Waals surface area contributed by atoms with Crippen LogP contribution in [-0.4, -0.2) is 24.3 Å². The minimum atomic E-state index is -0.781. The van der Waals surface area contributed by atoms with Crippen LogP contribution >= 0.6 is 0 Å². The summed E-state index contributed by atoms with van der Waals surface area (Å²) in [6.07, 6.45) is 1.87. The van der Waals surface area contributed by atoms with Gasteiger partial charge in [0, 0.05) is 0 Å². The fourth-order valence-electron chi connectivity index (χ4n) is 2.81. The molecule has 2 heterocycles. The van der Waals surface area contributed by atoms with Crippen molar-refractivity contribution >= 4 is 12.1 Å². The predicted molar refractivity (Wildman–Crippen MR) is 71.9 cm³/mol. The summed E-state index contributed by atoms with van der Waals surface area (Å²) in [5.74, 6) is -0.739. The van der Waals surface area contributed by atoms with Crippen LogP contribution in [0.25, 0.3) is 0 Å². The molecule has 0 aliphatic carbocycles. The van der Waals surface area contributed by atoms with Gasteiger partial charge in [-0.05, 0) is 24.8 Å². The molecule has 112 valence electrons. The number of carbonyl (C=O) groups excluding carboxylic acids is 2. The lowest BCUT2D eigenvalue weighted by molar-refractivity contribution is -0.156. The van der Waals surface area contributed by atoms with E-state index >= 15 is 0 Å². The Hall–Kier alpha value is -2.08. The Morgan fingerprint density at radius 2 is 2.05 bits per heavy atom. The second-order valence-corrected chi connectivity index (χ2v) is 5.30. The van der Waals surface area contributed by atoms with Gasteiger partial charge in [0.2, 0.25) is 0 Å². The van der Waals surface area contributed by atoms with E-state index in [0.717, 1.165) is 18.4 Å². The van der Waals surface area contributed by atoms with Crippen molar-refractivity contribution in [1.29, 1.82) is 0 Å². The number of ether oxygens (including phenoxy) is 2. The summed E-state index contributed by atoms with van der Waals surface area (Å²) >= 11 is 0. The number of hydrogen-bond donors (Lipinski definition) is 1. The summed E-state index contributed by atoms with van der Waals surface area (Å²) in [5.41, 5.74) is 2.88.